The fraction of sp³-hybridized carbons (Fsp3) is 0.385. The van der Waals surface area contributed by atoms with Crippen LogP contribution in [-0.4, -0.2) is 30.6 Å². The molecule has 1 N–H and O–H groups in total. The Morgan fingerprint density at radius 1 is 0.893 bits per heavy atom. The molecule has 0 aromatic heterocycles. The van der Waals surface area contributed by atoms with Crippen molar-refractivity contribution in [1.82, 2.24) is 10.2 Å². The van der Waals surface area contributed by atoms with Crippen molar-refractivity contribution in [2.75, 3.05) is 19.6 Å². The molecule has 4 rings (SSSR count). The third-order valence-corrected chi connectivity index (χ3v) is 6.00. The second-order valence-electron chi connectivity index (χ2n) is 8.25. The van der Waals surface area contributed by atoms with Crippen molar-refractivity contribution >= 4 is 0 Å². The number of likely N-dealkylation sites (tertiary alicyclic amines) is 1. The zero-order chi connectivity index (χ0) is 19.2. The molecule has 0 spiro atoms. The lowest BCUT2D eigenvalue weighted by Gasteiger charge is -2.33. The van der Waals surface area contributed by atoms with E-state index in [0.29, 0.717) is 6.04 Å². The molecule has 0 bridgehead atoms. The number of aryl methyl sites for hydroxylation is 1. The van der Waals surface area contributed by atoms with Gasteiger partial charge in [-0.3, -0.25) is 4.90 Å². The molecule has 0 radical (unpaired) electrons. The van der Waals surface area contributed by atoms with Gasteiger partial charge in [0.05, 0.1) is 0 Å². The Labute approximate surface area is 170 Å². The van der Waals surface area contributed by atoms with Gasteiger partial charge in [0.15, 0.2) is 0 Å². The van der Waals surface area contributed by atoms with Gasteiger partial charge in [-0.25, -0.2) is 0 Å². The Hall–Kier alpha value is -2.16. The van der Waals surface area contributed by atoms with Gasteiger partial charge in [-0.05, 0) is 68.0 Å². The molecule has 1 aliphatic heterocycles. The normalized spacial score (nSPS) is 18.2. The zero-order valence-electron chi connectivity index (χ0n) is 17.0. The molecule has 2 aliphatic rings. The van der Waals surface area contributed by atoms with Gasteiger partial charge in [0.2, 0.25) is 0 Å². The predicted molar refractivity (Wildman–Crippen MR) is 119 cm³/mol. The van der Waals surface area contributed by atoms with Crippen LogP contribution >= 0.6 is 0 Å². The van der Waals surface area contributed by atoms with E-state index >= 15 is 0 Å². The molecule has 0 amide bonds. The molecule has 0 saturated carbocycles. The van der Waals surface area contributed by atoms with Crippen molar-refractivity contribution in [3.8, 4) is 11.1 Å². The summed E-state index contributed by atoms with van der Waals surface area (Å²) in [5.74, 6) is 0. The van der Waals surface area contributed by atoms with Gasteiger partial charge >= 0.3 is 0 Å². The first-order valence-corrected chi connectivity index (χ1v) is 10.7. The summed E-state index contributed by atoms with van der Waals surface area (Å²) in [6.45, 7) is 6.63. The molecule has 2 heteroatoms. The van der Waals surface area contributed by atoms with Crippen molar-refractivity contribution in [3.63, 3.8) is 0 Å². The third kappa shape index (κ3) is 5.21. The van der Waals surface area contributed by atoms with Gasteiger partial charge in [0.1, 0.15) is 0 Å². The molecular formula is C26H32N2. The zero-order valence-corrected chi connectivity index (χ0v) is 17.0. The third-order valence-electron chi connectivity index (χ3n) is 6.00. The van der Waals surface area contributed by atoms with Crippen LogP contribution in [0.2, 0.25) is 0 Å². The first kappa shape index (κ1) is 19.2. The van der Waals surface area contributed by atoms with Gasteiger partial charge in [0, 0.05) is 19.1 Å². The smallest absolute Gasteiger partial charge is 0.0230 e. The van der Waals surface area contributed by atoms with E-state index in [9.17, 15) is 0 Å². The highest BCUT2D eigenvalue weighted by Crippen LogP contribution is 2.21. The van der Waals surface area contributed by atoms with Gasteiger partial charge in [0.25, 0.3) is 0 Å². The number of nitrogens with one attached hydrogen (secondary N) is 1. The summed E-state index contributed by atoms with van der Waals surface area (Å²) >= 11 is 0. The average Bonchev–Trinajstić information content (AvgIpc) is 2.75. The summed E-state index contributed by atoms with van der Waals surface area (Å²) in [7, 11) is 0. The molecule has 146 valence electrons. The number of benzene rings is 2. The van der Waals surface area contributed by atoms with E-state index in [1.54, 1.807) is 0 Å². The summed E-state index contributed by atoms with van der Waals surface area (Å²) in [6, 6.07) is 18.4. The minimum Gasteiger partial charge on any atom is -0.310 e. The molecule has 1 aliphatic carbocycles. The summed E-state index contributed by atoms with van der Waals surface area (Å²) in [5.41, 5.74) is 6.77. The lowest BCUT2D eigenvalue weighted by molar-refractivity contribution is 0.212. The van der Waals surface area contributed by atoms with Crippen LogP contribution in [-0.2, 0) is 6.54 Å². The number of nitrogens with zero attached hydrogens (tertiary/aromatic N) is 1. The Bertz CT molecular complexity index is 807. The molecule has 2 aromatic carbocycles. The largest absolute Gasteiger partial charge is 0.310 e. The molecule has 1 saturated heterocycles. The Morgan fingerprint density at radius 3 is 2.21 bits per heavy atom. The van der Waals surface area contributed by atoms with Crippen LogP contribution in [0.4, 0.5) is 0 Å². The van der Waals surface area contributed by atoms with Gasteiger partial charge in [-0.15, -0.1) is 0 Å². The lowest BCUT2D eigenvalue weighted by Crippen LogP contribution is -2.42. The van der Waals surface area contributed by atoms with E-state index < -0.39 is 0 Å². The highest BCUT2D eigenvalue weighted by atomic mass is 15.1. The standard InChI is InChI=1S/C26H32N2/c1-21-7-11-24(12-8-21)25-13-9-22(10-14-25)19-27-26-15-17-28(18-16-26)20-23-5-3-2-4-6-23/h3,5-14,26-27H,2,4,15-20H2,1H3. The van der Waals surface area contributed by atoms with E-state index in [0.717, 1.165) is 13.1 Å². The highest BCUT2D eigenvalue weighted by molar-refractivity contribution is 5.63. The van der Waals surface area contributed by atoms with Crippen LogP contribution in [0.1, 0.15) is 36.8 Å². The summed E-state index contributed by atoms with van der Waals surface area (Å²) in [6.07, 6.45) is 12.0. The number of hydrogen-bond acceptors (Lipinski definition) is 2. The first-order chi connectivity index (χ1) is 13.8. The van der Waals surface area contributed by atoms with Gasteiger partial charge in [-0.2, -0.15) is 0 Å². The number of rotatable bonds is 6. The Balaban J connectivity index is 1.22. The van der Waals surface area contributed by atoms with Crippen molar-refractivity contribution in [2.45, 2.75) is 45.2 Å². The Morgan fingerprint density at radius 2 is 1.57 bits per heavy atom. The monoisotopic (exact) mass is 372 g/mol. The maximum absolute atomic E-state index is 3.77. The fourth-order valence-corrected chi connectivity index (χ4v) is 4.16. The second-order valence-corrected chi connectivity index (χ2v) is 8.25. The number of piperidine rings is 1. The van der Waals surface area contributed by atoms with E-state index in [2.05, 4.69) is 83.9 Å². The van der Waals surface area contributed by atoms with Crippen LogP contribution < -0.4 is 5.32 Å². The first-order valence-electron chi connectivity index (χ1n) is 10.7. The minimum absolute atomic E-state index is 0.643. The number of allylic oxidation sites excluding steroid dienone is 2. The predicted octanol–water partition coefficient (Wildman–Crippen LogP) is 5.49. The van der Waals surface area contributed by atoms with Crippen LogP contribution in [0.15, 0.2) is 72.3 Å². The van der Waals surface area contributed by atoms with Crippen molar-refractivity contribution in [1.29, 1.82) is 0 Å². The molecule has 28 heavy (non-hydrogen) atoms. The van der Waals surface area contributed by atoms with E-state index in [1.165, 1.54) is 66.6 Å². The fourth-order valence-electron chi connectivity index (χ4n) is 4.16. The van der Waals surface area contributed by atoms with Gasteiger partial charge in [-0.1, -0.05) is 72.3 Å². The van der Waals surface area contributed by atoms with Crippen molar-refractivity contribution in [2.24, 2.45) is 0 Å². The molecule has 2 nitrogen and oxygen atoms in total. The maximum atomic E-state index is 3.77. The van der Waals surface area contributed by atoms with Crippen LogP contribution in [0.3, 0.4) is 0 Å². The van der Waals surface area contributed by atoms with Gasteiger partial charge < -0.3 is 5.32 Å². The maximum Gasteiger partial charge on any atom is 0.0230 e. The average molecular weight is 373 g/mol. The highest BCUT2D eigenvalue weighted by Gasteiger charge is 2.19. The topological polar surface area (TPSA) is 15.3 Å². The molecule has 0 atom stereocenters. The molecule has 1 fully saturated rings. The van der Waals surface area contributed by atoms with Crippen molar-refractivity contribution < 1.29 is 0 Å². The van der Waals surface area contributed by atoms with E-state index in [1.807, 2.05) is 0 Å². The molecule has 0 unspecified atom stereocenters. The molecule has 2 aromatic rings. The minimum atomic E-state index is 0.643. The summed E-state index contributed by atoms with van der Waals surface area (Å²) < 4.78 is 0. The number of hydrogen-bond donors (Lipinski definition) is 1. The van der Waals surface area contributed by atoms with Crippen LogP contribution in [0.5, 0.6) is 0 Å². The van der Waals surface area contributed by atoms with E-state index in [4.69, 9.17) is 0 Å². The molecule has 1 heterocycles. The second kappa shape index (κ2) is 9.36. The van der Waals surface area contributed by atoms with Crippen LogP contribution in [0.25, 0.3) is 11.1 Å². The van der Waals surface area contributed by atoms with Crippen molar-refractivity contribution in [3.05, 3.63) is 83.5 Å². The summed E-state index contributed by atoms with van der Waals surface area (Å²) in [4.78, 5) is 2.61. The lowest BCUT2D eigenvalue weighted by atomic mass is 10.0. The summed E-state index contributed by atoms with van der Waals surface area (Å²) in [5, 5.41) is 3.77. The molecular weight excluding hydrogens is 340 g/mol. The van der Waals surface area contributed by atoms with E-state index in [-0.39, 0.29) is 0 Å². The quantitative estimate of drug-likeness (QED) is 0.721. The Kier molecular flexibility index (Phi) is 6.41. The van der Waals surface area contributed by atoms with Crippen LogP contribution in [0, 0.1) is 6.92 Å². The SMILES string of the molecule is Cc1ccc(-c2ccc(CNC3CCN(CC4=CCCC=C4)CC3)cc2)cc1.